The minimum Gasteiger partial charge on any atom is -0.298 e. The van der Waals surface area contributed by atoms with Crippen molar-refractivity contribution >= 4 is 23.7 Å². The zero-order valence-electron chi connectivity index (χ0n) is 9.37. The molecule has 5 heteroatoms. The molecule has 3 rings (SSSR count). The zero-order valence-corrected chi connectivity index (χ0v) is 10.2. The summed E-state index contributed by atoms with van der Waals surface area (Å²) in [6.45, 7) is 0. The van der Waals surface area contributed by atoms with Crippen molar-refractivity contribution in [2.24, 2.45) is 0 Å². The normalized spacial score (nSPS) is 19.9. The number of carbonyl (C=O) groups is 1. The molecule has 1 unspecified atom stereocenters. The molecule has 0 bridgehead atoms. The number of carbonyl (C=O) groups excluding carboxylic acids is 1. The Kier molecular flexibility index (Phi) is 2.84. The molecule has 17 heavy (non-hydrogen) atoms. The van der Waals surface area contributed by atoms with Crippen molar-refractivity contribution in [1.82, 2.24) is 14.6 Å². The van der Waals surface area contributed by atoms with Crippen LogP contribution in [0.1, 0.15) is 29.0 Å². The summed E-state index contributed by atoms with van der Waals surface area (Å²) in [5.41, 5.74) is 1.48. The van der Waals surface area contributed by atoms with Crippen LogP contribution < -0.4 is 0 Å². The largest absolute Gasteiger partial charge is 0.298 e. The summed E-state index contributed by atoms with van der Waals surface area (Å²) in [5, 5.41) is 9.00. The van der Waals surface area contributed by atoms with Crippen molar-refractivity contribution in [3.8, 4) is 0 Å². The van der Waals surface area contributed by atoms with Crippen LogP contribution in [0.5, 0.6) is 0 Å². The van der Waals surface area contributed by atoms with E-state index in [1.165, 1.54) is 18.6 Å². The topological polar surface area (TPSA) is 47.3 Å². The second-order valence-corrected chi connectivity index (χ2v) is 5.67. The molecule has 1 atom stereocenters. The van der Waals surface area contributed by atoms with Gasteiger partial charge in [-0.1, -0.05) is 0 Å². The Morgan fingerprint density at radius 1 is 1.47 bits per heavy atom. The lowest BCUT2D eigenvalue weighted by atomic mass is 10.2. The number of hydrogen-bond acceptors (Lipinski definition) is 4. The first-order valence-electron chi connectivity index (χ1n) is 5.77. The molecule has 0 aliphatic carbocycles. The van der Waals surface area contributed by atoms with E-state index in [4.69, 9.17) is 0 Å². The number of nitrogens with zero attached hydrogens (tertiary/aromatic N) is 3. The lowest BCUT2D eigenvalue weighted by Gasteiger charge is -2.06. The van der Waals surface area contributed by atoms with Gasteiger partial charge in [-0.3, -0.25) is 9.20 Å². The molecule has 2 aromatic rings. The van der Waals surface area contributed by atoms with Crippen molar-refractivity contribution in [2.75, 3.05) is 5.75 Å². The maximum absolute atomic E-state index is 10.8. The van der Waals surface area contributed by atoms with Crippen molar-refractivity contribution in [3.05, 3.63) is 29.7 Å². The molecule has 88 valence electrons. The van der Waals surface area contributed by atoms with Crippen LogP contribution >= 0.6 is 11.8 Å². The van der Waals surface area contributed by atoms with Crippen LogP contribution in [0, 0.1) is 0 Å². The highest BCUT2D eigenvalue weighted by molar-refractivity contribution is 8.00. The van der Waals surface area contributed by atoms with E-state index in [0.29, 0.717) is 10.8 Å². The van der Waals surface area contributed by atoms with Crippen molar-refractivity contribution < 1.29 is 4.79 Å². The van der Waals surface area contributed by atoms with E-state index < -0.39 is 0 Å². The molecular weight excluding hydrogens is 234 g/mol. The fourth-order valence-corrected chi connectivity index (χ4v) is 3.44. The first-order valence-corrected chi connectivity index (χ1v) is 6.82. The molecule has 1 saturated heterocycles. The van der Waals surface area contributed by atoms with Gasteiger partial charge in [-0.15, -0.1) is 10.2 Å². The lowest BCUT2D eigenvalue weighted by Crippen LogP contribution is -2.06. The summed E-state index contributed by atoms with van der Waals surface area (Å²) in [5.74, 6) is 2.21. The Labute approximate surface area is 103 Å². The van der Waals surface area contributed by atoms with E-state index in [-0.39, 0.29) is 0 Å². The molecule has 3 heterocycles. The smallest absolute Gasteiger partial charge is 0.160 e. The number of pyridine rings is 1. The summed E-state index contributed by atoms with van der Waals surface area (Å²) in [6, 6.07) is 3.60. The summed E-state index contributed by atoms with van der Waals surface area (Å²) in [6.07, 6.45) is 6.16. The standard InChI is InChI=1S/C12H13N3OS/c16-8-9-3-4-11-13-14-12(15(11)7-9)6-10-2-1-5-17-10/h3-4,7-8,10H,1-2,5-6H2. The Bertz CT molecular complexity index is 546. The SMILES string of the molecule is O=Cc1ccc2nnc(CC3CCCS3)n2c1. The van der Waals surface area contributed by atoms with Gasteiger partial charge in [-0.05, 0) is 30.7 Å². The number of aromatic nitrogens is 3. The summed E-state index contributed by atoms with van der Waals surface area (Å²) < 4.78 is 1.93. The van der Waals surface area contributed by atoms with Gasteiger partial charge in [-0.25, -0.2) is 0 Å². The third kappa shape index (κ3) is 2.07. The van der Waals surface area contributed by atoms with Gasteiger partial charge in [0.2, 0.25) is 0 Å². The van der Waals surface area contributed by atoms with E-state index in [1.807, 2.05) is 28.4 Å². The zero-order chi connectivity index (χ0) is 11.7. The predicted octanol–water partition coefficient (Wildman–Crippen LogP) is 1.98. The first-order chi connectivity index (χ1) is 8.36. The van der Waals surface area contributed by atoms with Gasteiger partial charge < -0.3 is 0 Å². The van der Waals surface area contributed by atoms with Gasteiger partial charge in [0.1, 0.15) is 5.82 Å². The number of rotatable bonds is 3. The van der Waals surface area contributed by atoms with Gasteiger partial charge in [0.05, 0.1) is 0 Å². The van der Waals surface area contributed by atoms with Crippen LogP contribution in [-0.4, -0.2) is 31.9 Å². The predicted molar refractivity (Wildman–Crippen MR) is 67.6 cm³/mol. The third-order valence-electron chi connectivity index (χ3n) is 3.07. The first kappa shape index (κ1) is 10.8. The fourth-order valence-electron chi connectivity index (χ4n) is 2.17. The quantitative estimate of drug-likeness (QED) is 0.778. The molecule has 1 aliphatic rings. The second-order valence-electron chi connectivity index (χ2n) is 4.26. The monoisotopic (exact) mass is 247 g/mol. The van der Waals surface area contributed by atoms with Crippen LogP contribution in [0.4, 0.5) is 0 Å². The highest BCUT2D eigenvalue weighted by Gasteiger charge is 2.18. The number of thioether (sulfide) groups is 1. The van der Waals surface area contributed by atoms with E-state index in [0.717, 1.165) is 24.2 Å². The maximum atomic E-state index is 10.8. The molecule has 2 aromatic heterocycles. The van der Waals surface area contributed by atoms with Crippen LogP contribution in [0.3, 0.4) is 0 Å². The van der Waals surface area contributed by atoms with Crippen LogP contribution in [0.25, 0.3) is 5.65 Å². The minimum atomic E-state index is 0.655. The van der Waals surface area contributed by atoms with Crippen LogP contribution in [0.15, 0.2) is 18.3 Å². The fraction of sp³-hybridized carbons (Fsp3) is 0.417. The Balaban J connectivity index is 1.94. The molecule has 0 spiro atoms. The van der Waals surface area contributed by atoms with Crippen LogP contribution in [-0.2, 0) is 6.42 Å². The second kappa shape index (κ2) is 4.49. The summed E-state index contributed by atoms with van der Waals surface area (Å²) in [7, 11) is 0. The minimum absolute atomic E-state index is 0.655. The van der Waals surface area contributed by atoms with Gasteiger partial charge in [0.25, 0.3) is 0 Å². The van der Waals surface area contributed by atoms with Gasteiger partial charge in [0, 0.05) is 23.4 Å². The van der Waals surface area contributed by atoms with Crippen molar-refractivity contribution in [2.45, 2.75) is 24.5 Å². The molecule has 0 aromatic carbocycles. The van der Waals surface area contributed by atoms with Gasteiger partial charge in [0.15, 0.2) is 11.9 Å². The molecule has 1 aliphatic heterocycles. The van der Waals surface area contributed by atoms with Crippen molar-refractivity contribution in [1.29, 1.82) is 0 Å². The molecule has 0 radical (unpaired) electrons. The van der Waals surface area contributed by atoms with E-state index in [9.17, 15) is 4.79 Å². The summed E-state index contributed by atoms with van der Waals surface area (Å²) in [4.78, 5) is 10.8. The molecule has 0 N–H and O–H groups in total. The number of aldehydes is 1. The molecular formula is C12H13N3OS. The third-order valence-corrected chi connectivity index (χ3v) is 4.46. The van der Waals surface area contributed by atoms with Gasteiger partial charge in [-0.2, -0.15) is 11.8 Å². The molecule has 0 amide bonds. The summed E-state index contributed by atoms with van der Waals surface area (Å²) >= 11 is 2.01. The highest BCUT2D eigenvalue weighted by atomic mass is 32.2. The Hall–Kier alpha value is -1.36. The molecule has 4 nitrogen and oxygen atoms in total. The van der Waals surface area contributed by atoms with Crippen molar-refractivity contribution in [3.63, 3.8) is 0 Å². The van der Waals surface area contributed by atoms with E-state index in [1.54, 1.807) is 6.07 Å². The Morgan fingerprint density at radius 3 is 3.18 bits per heavy atom. The van der Waals surface area contributed by atoms with Crippen LogP contribution in [0.2, 0.25) is 0 Å². The molecule has 1 fully saturated rings. The lowest BCUT2D eigenvalue weighted by molar-refractivity contribution is 0.112. The maximum Gasteiger partial charge on any atom is 0.160 e. The average molecular weight is 247 g/mol. The molecule has 0 saturated carbocycles. The van der Waals surface area contributed by atoms with E-state index in [2.05, 4.69) is 10.2 Å². The highest BCUT2D eigenvalue weighted by Crippen LogP contribution is 2.28. The van der Waals surface area contributed by atoms with E-state index >= 15 is 0 Å². The number of fused-ring (bicyclic) bond motifs is 1. The average Bonchev–Trinajstić information content (AvgIpc) is 2.99. The van der Waals surface area contributed by atoms with Gasteiger partial charge >= 0.3 is 0 Å². The Morgan fingerprint density at radius 2 is 2.41 bits per heavy atom. The number of hydrogen-bond donors (Lipinski definition) is 0.